The van der Waals surface area contributed by atoms with Crippen molar-refractivity contribution in [3.8, 4) is 12.3 Å². The highest BCUT2D eigenvalue weighted by molar-refractivity contribution is 5.92. The van der Waals surface area contributed by atoms with Crippen LogP contribution in [0.2, 0.25) is 0 Å². The third kappa shape index (κ3) is 10.8. The number of ether oxygens (including phenoxy) is 2. The Bertz CT molecular complexity index is 932. The van der Waals surface area contributed by atoms with Crippen LogP contribution in [0.4, 0.5) is 4.79 Å². The molecule has 0 saturated carbocycles. The molecule has 1 unspecified atom stereocenters. The molecule has 0 aliphatic heterocycles. The van der Waals surface area contributed by atoms with Crippen molar-refractivity contribution < 1.29 is 28.7 Å². The highest BCUT2D eigenvalue weighted by atomic mass is 16.6. The Morgan fingerprint density at radius 3 is 2.31 bits per heavy atom. The molecule has 0 radical (unpaired) electrons. The number of hydrogen-bond acceptors (Lipinski definition) is 6. The molecular formula is C27H39N3O6. The van der Waals surface area contributed by atoms with Gasteiger partial charge in [-0.1, -0.05) is 56.7 Å². The number of esters is 1. The van der Waals surface area contributed by atoms with Crippen LogP contribution in [0.1, 0.15) is 77.0 Å². The van der Waals surface area contributed by atoms with Crippen LogP contribution in [0, 0.1) is 12.3 Å². The number of methoxy groups -OCH3 is 1. The van der Waals surface area contributed by atoms with Crippen molar-refractivity contribution in [3.05, 3.63) is 35.4 Å². The van der Waals surface area contributed by atoms with Crippen molar-refractivity contribution in [2.45, 2.75) is 71.4 Å². The van der Waals surface area contributed by atoms with Crippen molar-refractivity contribution in [1.82, 2.24) is 15.5 Å². The molecule has 198 valence electrons. The molecule has 3 amide bonds. The van der Waals surface area contributed by atoms with Crippen molar-refractivity contribution in [1.29, 1.82) is 0 Å². The van der Waals surface area contributed by atoms with Gasteiger partial charge in [-0.2, -0.15) is 0 Å². The Hall–Kier alpha value is -3.54. The number of benzene rings is 1. The van der Waals surface area contributed by atoms with Gasteiger partial charge in [-0.3, -0.25) is 14.4 Å². The van der Waals surface area contributed by atoms with Crippen molar-refractivity contribution >= 4 is 23.9 Å². The number of hydrogen-bond donors (Lipinski definition) is 2. The lowest BCUT2D eigenvalue weighted by Crippen LogP contribution is -2.49. The van der Waals surface area contributed by atoms with E-state index in [1.54, 1.807) is 45.0 Å². The van der Waals surface area contributed by atoms with Crippen LogP contribution < -0.4 is 10.6 Å². The summed E-state index contributed by atoms with van der Waals surface area (Å²) < 4.78 is 9.84. The van der Waals surface area contributed by atoms with Gasteiger partial charge in [0, 0.05) is 12.1 Å². The number of rotatable bonds is 13. The van der Waals surface area contributed by atoms with E-state index in [2.05, 4.69) is 28.2 Å². The molecule has 0 aliphatic carbocycles. The lowest BCUT2D eigenvalue weighted by molar-refractivity contribution is -0.143. The molecule has 0 fully saturated rings. The average molecular weight is 502 g/mol. The van der Waals surface area contributed by atoms with Crippen molar-refractivity contribution in [3.63, 3.8) is 0 Å². The van der Waals surface area contributed by atoms with Crippen molar-refractivity contribution in [2.24, 2.45) is 0 Å². The van der Waals surface area contributed by atoms with E-state index in [-0.39, 0.29) is 19.6 Å². The molecule has 1 aromatic carbocycles. The summed E-state index contributed by atoms with van der Waals surface area (Å²) >= 11 is 0. The molecule has 2 N–H and O–H groups in total. The van der Waals surface area contributed by atoms with Gasteiger partial charge < -0.3 is 25.0 Å². The van der Waals surface area contributed by atoms with Gasteiger partial charge in [-0.25, -0.2) is 4.79 Å². The average Bonchev–Trinajstić information content (AvgIpc) is 2.83. The van der Waals surface area contributed by atoms with Gasteiger partial charge in [-0.05, 0) is 38.8 Å². The molecule has 0 spiro atoms. The van der Waals surface area contributed by atoms with Gasteiger partial charge in [0.15, 0.2) is 0 Å². The molecule has 0 saturated heterocycles. The summed E-state index contributed by atoms with van der Waals surface area (Å²) in [6.45, 7) is 6.78. The summed E-state index contributed by atoms with van der Waals surface area (Å²) in [7, 11) is 1.22. The molecule has 0 bridgehead atoms. The fraction of sp³-hybridized carbons (Fsp3) is 0.556. The fourth-order valence-corrected chi connectivity index (χ4v) is 3.49. The minimum atomic E-state index is -1.11. The molecule has 0 heterocycles. The number of unbranched alkanes of at least 4 members (excludes halogenated alkanes) is 4. The molecule has 36 heavy (non-hydrogen) atoms. The second-order valence-corrected chi connectivity index (χ2v) is 9.28. The van der Waals surface area contributed by atoms with Crippen LogP contribution in [0.25, 0.3) is 0 Å². The zero-order valence-electron chi connectivity index (χ0n) is 22.0. The number of alkyl carbamates (subject to hydrolysis) is 1. The fourth-order valence-electron chi connectivity index (χ4n) is 3.49. The SMILES string of the molecule is C#Cc1ccccc1C(C(=O)NCC(=O)OC)N(CCCCCCC)C(=O)CNC(=O)OC(C)(C)C. The Balaban J connectivity index is 3.27. The van der Waals surface area contributed by atoms with Crippen LogP contribution >= 0.6 is 0 Å². The standard InChI is InChI=1S/C27H39N3O6/c1-7-9-10-11-14-17-30(22(31)18-29-26(34)36-27(3,4)5)24(25(33)28-19-23(32)35-6)21-16-13-12-15-20(21)8-2/h2,12-13,15-16,24H,7,9-11,14,17-19H2,1,3-6H3,(H,28,33)(H,29,34). The molecule has 1 rings (SSSR count). The van der Waals surface area contributed by atoms with E-state index in [4.69, 9.17) is 11.2 Å². The third-order valence-electron chi connectivity index (χ3n) is 5.21. The van der Waals surface area contributed by atoms with Crippen LogP contribution in [0.15, 0.2) is 24.3 Å². The van der Waals surface area contributed by atoms with Crippen LogP contribution in [0.5, 0.6) is 0 Å². The zero-order chi connectivity index (χ0) is 27.1. The Morgan fingerprint density at radius 2 is 1.69 bits per heavy atom. The first-order chi connectivity index (χ1) is 17.0. The van der Waals surface area contributed by atoms with Gasteiger partial charge in [0.2, 0.25) is 11.8 Å². The Kier molecular flexibility index (Phi) is 13.1. The lowest BCUT2D eigenvalue weighted by atomic mass is 9.97. The molecule has 0 aromatic heterocycles. The molecule has 1 atom stereocenters. The van der Waals surface area contributed by atoms with Gasteiger partial charge in [0.05, 0.1) is 7.11 Å². The second-order valence-electron chi connectivity index (χ2n) is 9.28. The zero-order valence-corrected chi connectivity index (χ0v) is 22.0. The summed E-state index contributed by atoms with van der Waals surface area (Å²) in [6.07, 6.45) is 9.59. The molecular weight excluding hydrogens is 462 g/mol. The topological polar surface area (TPSA) is 114 Å². The maximum atomic E-state index is 13.4. The largest absolute Gasteiger partial charge is 0.468 e. The predicted molar refractivity (Wildman–Crippen MR) is 137 cm³/mol. The smallest absolute Gasteiger partial charge is 0.408 e. The van der Waals surface area contributed by atoms with Gasteiger partial charge in [0.1, 0.15) is 24.7 Å². The van der Waals surface area contributed by atoms with E-state index in [0.29, 0.717) is 17.5 Å². The Labute approximate surface area is 214 Å². The van der Waals surface area contributed by atoms with Gasteiger partial charge in [-0.15, -0.1) is 6.42 Å². The van der Waals surface area contributed by atoms with Crippen LogP contribution in [-0.2, 0) is 23.9 Å². The monoisotopic (exact) mass is 501 g/mol. The molecule has 9 nitrogen and oxygen atoms in total. The summed E-state index contributed by atoms with van der Waals surface area (Å²) in [4.78, 5) is 51.9. The van der Waals surface area contributed by atoms with E-state index < -0.39 is 35.5 Å². The van der Waals surface area contributed by atoms with E-state index in [9.17, 15) is 19.2 Å². The number of carbonyl (C=O) groups excluding carboxylic acids is 4. The normalized spacial score (nSPS) is 11.6. The van der Waals surface area contributed by atoms with Crippen LogP contribution in [0.3, 0.4) is 0 Å². The number of nitrogens with zero attached hydrogens (tertiary/aromatic N) is 1. The summed E-state index contributed by atoms with van der Waals surface area (Å²) in [5.41, 5.74) is 0.162. The quantitative estimate of drug-likeness (QED) is 0.244. The highest BCUT2D eigenvalue weighted by Crippen LogP contribution is 2.25. The van der Waals surface area contributed by atoms with E-state index in [1.807, 2.05) is 0 Å². The number of nitrogens with one attached hydrogen (secondary N) is 2. The Morgan fingerprint density at radius 1 is 1.03 bits per heavy atom. The summed E-state index contributed by atoms with van der Waals surface area (Å²) in [5, 5.41) is 5.00. The second kappa shape index (κ2) is 15.5. The van der Waals surface area contributed by atoms with E-state index >= 15 is 0 Å². The van der Waals surface area contributed by atoms with Gasteiger partial charge >= 0.3 is 12.1 Å². The predicted octanol–water partition coefficient (Wildman–Crippen LogP) is 3.32. The van der Waals surface area contributed by atoms with Crippen LogP contribution in [-0.4, -0.2) is 61.1 Å². The molecule has 0 aliphatic rings. The first-order valence-corrected chi connectivity index (χ1v) is 12.2. The number of amides is 3. The first kappa shape index (κ1) is 30.5. The van der Waals surface area contributed by atoms with Crippen molar-refractivity contribution in [2.75, 3.05) is 26.7 Å². The minimum Gasteiger partial charge on any atom is -0.468 e. The maximum absolute atomic E-state index is 13.4. The lowest BCUT2D eigenvalue weighted by Gasteiger charge is -2.32. The summed E-state index contributed by atoms with van der Waals surface area (Å²) in [6, 6.07) is 5.71. The first-order valence-electron chi connectivity index (χ1n) is 12.2. The number of terminal acetylenes is 1. The maximum Gasteiger partial charge on any atom is 0.408 e. The highest BCUT2D eigenvalue weighted by Gasteiger charge is 2.33. The van der Waals surface area contributed by atoms with Gasteiger partial charge in [0.25, 0.3) is 0 Å². The summed E-state index contributed by atoms with van der Waals surface area (Å²) in [5.74, 6) is 0.867. The number of carbonyl (C=O) groups is 4. The molecule has 1 aromatic rings. The third-order valence-corrected chi connectivity index (χ3v) is 5.21. The minimum absolute atomic E-state index is 0.258. The van der Waals surface area contributed by atoms with E-state index in [0.717, 1.165) is 25.7 Å². The molecule has 9 heteroatoms. The van der Waals surface area contributed by atoms with E-state index in [1.165, 1.54) is 12.0 Å².